The average molecular weight is 525 g/mol. The minimum absolute atomic E-state index is 0.631. The number of hydrogen-bond acceptors (Lipinski definition) is 8. The van der Waals surface area contributed by atoms with Gasteiger partial charge in [-0.15, -0.1) is 0 Å². The number of nitrogens with one attached hydrogen (secondary N) is 1. The lowest BCUT2D eigenvalue weighted by molar-refractivity contribution is 0.187. The molecule has 9 heteroatoms. The Bertz CT molecular complexity index is 1440. The molecular formula is C30H36N8O. The number of likely N-dealkylation sites (tertiary alicyclic amines) is 1. The largest absolute Gasteiger partial charge is 0.493 e. The number of hydrogen-bond donors (Lipinski definition) is 2. The first-order valence-corrected chi connectivity index (χ1v) is 13.4. The normalized spacial score (nSPS) is 15.3. The summed E-state index contributed by atoms with van der Waals surface area (Å²) in [6.45, 7) is 3.74. The van der Waals surface area contributed by atoms with Gasteiger partial charge < -0.3 is 20.7 Å². The molecule has 0 radical (unpaired) electrons. The molecule has 3 N–H and O–H groups in total. The molecule has 3 aromatic heterocycles. The van der Waals surface area contributed by atoms with Crippen molar-refractivity contribution in [2.24, 2.45) is 16.6 Å². The van der Waals surface area contributed by atoms with Crippen LogP contribution in [0.25, 0.3) is 22.6 Å². The van der Waals surface area contributed by atoms with Gasteiger partial charge in [0.25, 0.3) is 0 Å². The van der Waals surface area contributed by atoms with Crippen molar-refractivity contribution in [2.75, 3.05) is 39.1 Å². The predicted octanol–water partition coefficient (Wildman–Crippen LogP) is 4.51. The van der Waals surface area contributed by atoms with Gasteiger partial charge in [0.1, 0.15) is 23.5 Å². The first-order chi connectivity index (χ1) is 19.1. The summed E-state index contributed by atoms with van der Waals surface area (Å²) in [5, 5.41) is 3.39. The molecule has 0 amide bonds. The van der Waals surface area contributed by atoms with Crippen molar-refractivity contribution < 1.29 is 4.74 Å². The molecule has 1 fully saturated rings. The summed E-state index contributed by atoms with van der Waals surface area (Å²) in [6, 6.07) is 14.1. The zero-order chi connectivity index (χ0) is 27.0. The van der Waals surface area contributed by atoms with Crippen LogP contribution in [-0.2, 0) is 6.54 Å². The number of pyridine rings is 1. The van der Waals surface area contributed by atoms with Crippen molar-refractivity contribution in [1.82, 2.24) is 24.3 Å². The fourth-order valence-corrected chi connectivity index (χ4v) is 4.89. The highest BCUT2D eigenvalue weighted by Gasteiger charge is 2.16. The third kappa shape index (κ3) is 6.61. The number of anilines is 1. The number of rotatable bonds is 10. The second-order valence-corrected chi connectivity index (χ2v) is 9.97. The molecule has 0 saturated carbocycles. The quantitative estimate of drug-likeness (QED) is 0.294. The van der Waals surface area contributed by atoms with Gasteiger partial charge in [-0.3, -0.25) is 9.39 Å². The lowest BCUT2D eigenvalue weighted by Gasteiger charge is -2.28. The SMILES string of the molecule is CN=CC(=CN)c1ccc(CNc2cc(-c3cnc4cc(OCCC5CCN(C)CC5)ccn34)ncn2)cc1. The molecule has 1 aliphatic heterocycles. The molecular weight excluding hydrogens is 488 g/mol. The Kier molecular flexibility index (Phi) is 8.48. The molecule has 0 unspecified atom stereocenters. The van der Waals surface area contributed by atoms with E-state index in [4.69, 9.17) is 10.5 Å². The summed E-state index contributed by atoms with van der Waals surface area (Å²) in [6.07, 6.45) is 12.3. The number of imidazole rings is 1. The van der Waals surface area contributed by atoms with Gasteiger partial charge in [-0.05, 0) is 62.5 Å². The molecule has 0 aliphatic carbocycles. The lowest BCUT2D eigenvalue weighted by Crippen LogP contribution is -2.30. The topological polar surface area (TPSA) is 106 Å². The Morgan fingerprint density at radius 2 is 1.95 bits per heavy atom. The van der Waals surface area contributed by atoms with E-state index in [0.29, 0.717) is 6.54 Å². The second-order valence-electron chi connectivity index (χ2n) is 9.97. The standard InChI is InChI=1S/C30H36N8O/c1-32-19-25(17-31)24-5-3-23(4-6-24)18-33-29-16-27(35-21-36-29)28-20-34-30-15-26(9-13-38(28)30)39-14-10-22-7-11-37(2)12-8-22/h3-6,9,13,15-17,19-22H,7-8,10-12,14,18,31H2,1-2H3,(H,33,35,36). The number of allylic oxidation sites excluding steroid dienone is 1. The second kappa shape index (κ2) is 12.5. The molecule has 4 heterocycles. The maximum absolute atomic E-state index is 6.07. The van der Waals surface area contributed by atoms with Gasteiger partial charge in [-0.25, -0.2) is 15.0 Å². The van der Waals surface area contributed by atoms with Crippen LogP contribution in [0.5, 0.6) is 5.75 Å². The van der Waals surface area contributed by atoms with Crippen molar-refractivity contribution in [3.05, 3.63) is 78.5 Å². The number of fused-ring (bicyclic) bond motifs is 1. The lowest BCUT2D eigenvalue weighted by atomic mass is 9.94. The number of ether oxygens (including phenoxy) is 1. The summed E-state index contributed by atoms with van der Waals surface area (Å²) in [5.74, 6) is 2.35. The highest BCUT2D eigenvalue weighted by Crippen LogP contribution is 2.24. The fourth-order valence-electron chi connectivity index (χ4n) is 4.89. The Balaban J connectivity index is 1.20. The highest BCUT2D eigenvalue weighted by molar-refractivity contribution is 6.09. The first-order valence-electron chi connectivity index (χ1n) is 13.4. The zero-order valence-corrected chi connectivity index (χ0v) is 22.6. The van der Waals surface area contributed by atoms with E-state index < -0.39 is 0 Å². The van der Waals surface area contributed by atoms with Crippen LogP contribution in [0.4, 0.5) is 5.82 Å². The van der Waals surface area contributed by atoms with Gasteiger partial charge >= 0.3 is 0 Å². The van der Waals surface area contributed by atoms with Crippen LogP contribution >= 0.6 is 0 Å². The van der Waals surface area contributed by atoms with Gasteiger partial charge in [0.05, 0.1) is 24.2 Å². The van der Waals surface area contributed by atoms with Crippen molar-refractivity contribution in [3.63, 3.8) is 0 Å². The minimum Gasteiger partial charge on any atom is -0.493 e. The monoisotopic (exact) mass is 524 g/mol. The van der Waals surface area contributed by atoms with Crippen molar-refractivity contribution in [3.8, 4) is 17.1 Å². The van der Waals surface area contributed by atoms with Crippen LogP contribution in [0, 0.1) is 5.92 Å². The molecule has 9 nitrogen and oxygen atoms in total. The summed E-state index contributed by atoms with van der Waals surface area (Å²) >= 11 is 0. The zero-order valence-electron chi connectivity index (χ0n) is 22.6. The maximum Gasteiger partial charge on any atom is 0.140 e. The molecule has 1 saturated heterocycles. The average Bonchev–Trinajstić information content (AvgIpc) is 3.40. The number of benzene rings is 1. The van der Waals surface area contributed by atoms with E-state index in [1.54, 1.807) is 25.8 Å². The smallest absolute Gasteiger partial charge is 0.140 e. The van der Waals surface area contributed by atoms with Gasteiger partial charge in [0, 0.05) is 49.9 Å². The molecule has 5 rings (SSSR count). The van der Waals surface area contributed by atoms with Crippen LogP contribution in [0.15, 0.2) is 72.4 Å². The summed E-state index contributed by atoms with van der Waals surface area (Å²) in [5.41, 5.74) is 11.3. The third-order valence-corrected chi connectivity index (χ3v) is 7.26. The van der Waals surface area contributed by atoms with Crippen LogP contribution in [0.2, 0.25) is 0 Å². The summed E-state index contributed by atoms with van der Waals surface area (Å²) < 4.78 is 8.10. The van der Waals surface area contributed by atoms with E-state index in [-0.39, 0.29) is 0 Å². The number of aromatic nitrogens is 4. The molecule has 39 heavy (non-hydrogen) atoms. The Labute approximate surface area is 229 Å². The molecule has 4 aromatic rings. The van der Waals surface area contributed by atoms with E-state index in [9.17, 15) is 0 Å². The van der Waals surface area contributed by atoms with Crippen LogP contribution in [0.3, 0.4) is 0 Å². The van der Waals surface area contributed by atoms with Crippen LogP contribution < -0.4 is 15.8 Å². The molecule has 0 bridgehead atoms. The van der Waals surface area contributed by atoms with Crippen molar-refractivity contribution >= 4 is 23.3 Å². The van der Waals surface area contributed by atoms with Crippen LogP contribution in [-0.4, -0.2) is 64.3 Å². The van der Waals surface area contributed by atoms with E-state index in [1.807, 2.05) is 47.1 Å². The molecule has 1 aromatic carbocycles. The van der Waals surface area contributed by atoms with Gasteiger partial charge in [0.2, 0.25) is 0 Å². The highest BCUT2D eigenvalue weighted by atomic mass is 16.5. The number of nitrogens with two attached hydrogens (primary N) is 1. The summed E-state index contributed by atoms with van der Waals surface area (Å²) in [7, 11) is 3.93. The van der Waals surface area contributed by atoms with E-state index in [1.165, 1.54) is 25.9 Å². The Hall–Kier alpha value is -4.24. The maximum atomic E-state index is 6.07. The van der Waals surface area contributed by atoms with Gasteiger partial charge in [-0.2, -0.15) is 0 Å². The van der Waals surface area contributed by atoms with E-state index >= 15 is 0 Å². The fraction of sp³-hybridized carbons (Fsp3) is 0.333. The molecule has 202 valence electrons. The van der Waals surface area contributed by atoms with Gasteiger partial charge in [0.15, 0.2) is 0 Å². The Morgan fingerprint density at radius 1 is 1.13 bits per heavy atom. The van der Waals surface area contributed by atoms with E-state index in [2.05, 4.69) is 49.3 Å². The number of piperidine rings is 1. The van der Waals surface area contributed by atoms with E-state index in [0.717, 1.165) is 64.2 Å². The molecule has 1 aliphatic rings. The number of nitrogens with zero attached hydrogens (tertiary/aromatic N) is 6. The van der Waals surface area contributed by atoms with Crippen molar-refractivity contribution in [2.45, 2.75) is 25.8 Å². The minimum atomic E-state index is 0.631. The van der Waals surface area contributed by atoms with Crippen molar-refractivity contribution in [1.29, 1.82) is 0 Å². The first kappa shape index (κ1) is 26.4. The predicted molar refractivity (Wildman–Crippen MR) is 157 cm³/mol. The van der Waals surface area contributed by atoms with Crippen LogP contribution in [0.1, 0.15) is 30.4 Å². The number of aliphatic imine (C=N–C) groups is 1. The molecule has 0 spiro atoms. The third-order valence-electron chi connectivity index (χ3n) is 7.26. The molecule has 0 atom stereocenters. The summed E-state index contributed by atoms with van der Waals surface area (Å²) in [4.78, 5) is 19.9. The van der Waals surface area contributed by atoms with Gasteiger partial charge in [-0.1, -0.05) is 24.3 Å². The Morgan fingerprint density at radius 3 is 2.72 bits per heavy atom.